The van der Waals surface area contributed by atoms with Crippen LogP contribution in [0.1, 0.15) is 12.8 Å². The average Bonchev–Trinajstić information content (AvgIpc) is 2.54. The third-order valence-corrected chi connectivity index (χ3v) is 7.45. The number of likely N-dealkylation sites (N-methyl/N-ethyl adjacent to an activating group) is 1. The van der Waals surface area contributed by atoms with E-state index in [4.69, 9.17) is 11.6 Å². The highest BCUT2D eigenvalue weighted by Gasteiger charge is 2.28. The Morgan fingerprint density at radius 2 is 1.88 bits per heavy atom. The number of rotatable bonds is 6. The summed E-state index contributed by atoms with van der Waals surface area (Å²) in [6.07, 6.45) is 2.41. The Morgan fingerprint density at radius 1 is 1.27 bits per heavy atom. The highest BCUT2D eigenvalue weighted by atomic mass is 35.5. The van der Waals surface area contributed by atoms with Crippen LogP contribution in [0.3, 0.4) is 0 Å². The molecule has 0 radical (unpaired) electrons. The van der Waals surface area contributed by atoms with Crippen molar-refractivity contribution in [3.8, 4) is 0 Å². The Kier molecular flexibility index (Phi) is 6.67. The van der Waals surface area contributed by atoms with Crippen molar-refractivity contribution in [2.45, 2.75) is 23.8 Å². The molecule has 26 heavy (non-hydrogen) atoms. The lowest BCUT2D eigenvalue weighted by Crippen LogP contribution is -2.51. The molecule has 1 amide bonds. The fourth-order valence-corrected chi connectivity index (χ4v) is 4.87. The molecule has 1 aromatic carbocycles. The molecule has 1 aliphatic rings. The van der Waals surface area contributed by atoms with Gasteiger partial charge < -0.3 is 5.32 Å². The number of hydrogen-bond acceptors (Lipinski definition) is 5. The summed E-state index contributed by atoms with van der Waals surface area (Å²) in [5.41, 5.74) is 0. The van der Waals surface area contributed by atoms with E-state index in [-0.39, 0.29) is 24.0 Å². The van der Waals surface area contributed by atoms with Crippen molar-refractivity contribution in [3.05, 3.63) is 29.3 Å². The van der Waals surface area contributed by atoms with Crippen LogP contribution in [-0.2, 0) is 24.8 Å². The molecule has 2 rings (SSSR count). The zero-order valence-corrected chi connectivity index (χ0v) is 16.9. The normalized spacial score (nSPS) is 19.5. The first kappa shape index (κ1) is 21.1. The summed E-state index contributed by atoms with van der Waals surface area (Å²) >= 11 is 5.76. The van der Waals surface area contributed by atoms with Crippen molar-refractivity contribution in [1.29, 1.82) is 0 Å². The van der Waals surface area contributed by atoms with E-state index in [1.165, 1.54) is 35.6 Å². The molecule has 146 valence electrons. The maximum Gasteiger partial charge on any atom is 0.243 e. The second-order valence-electron chi connectivity index (χ2n) is 6.24. The molecular formula is C15H22ClN3O5S2. The molecule has 0 aliphatic carbocycles. The quantitative estimate of drug-likeness (QED) is 0.717. The van der Waals surface area contributed by atoms with Crippen LogP contribution < -0.4 is 5.32 Å². The lowest BCUT2D eigenvalue weighted by atomic mass is 10.1. The maximum atomic E-state index is 12.5. The molecule has 1 aromatic rings. The van der Waals surface area contributed by atoms with Gasteiger partial charge in [0.05, 0.1) is 17.7 Å². The summed E-state index contributed by atoms with van der Waals surface area (Å²) in [4.78, 5) is 12.2. The molecule has 1 heterocycles. The third-order valence-electron chi connectivity index (χ3n) is 4.11. The number of sulfonamides is 2. The molecule has 8 nitrogen and oxygen atoms in total. The van der Waals surface area contributed by atoms with Gasteiger partial charge in [-0.25, -0.2) is 21.1 Å². The zero-order chi connectivity index (χ0) is 19.5. The van der Waals surface area contributed by atoms with Gasteiger partial charge in [-0.1, -0.05) is 11.6 Å². The molecule has 0 bridgehead atoms. The van der Waals surface area contributed by atoms with E-state index in [2.05, 4.69) is 5.32 Å². The smallest absolute Gasteiger partial charge is 0.243 e. The van der Waals surface area contributed by atoms with E-state index in [0.29, 0.717) is 24.4 Å². The van der Waals surface area contributed by atoms with E-state index in [1.54, 1.807) is 0 Å². The van der Waals surface area contributed by atoms with Crippen LogP contribution in [0.5, 0.6) is 0 Å². The molecule has 1 N–H and O–H groups in total. The number of carbonyl (C=O) groups excluding carboxylic acids is 1. The molecule has 1 atom stereocenters. The summed E-state index contributed by atoms with van der Waals surface area (Å²) in [6.45, 7) is 0.259. The minimum atomic E-state index is -3.82. The first-order valence-corrected chi connectivity index (χ1v) is 11.6. The molecule has 11 heteroatoms. The van der Waals surface area contributed by atoms with Crippen molar-refractivity contribution < 1.29 is 21.6 Å². The largest absolute Gasteiger partial charge is 0.351 e. The number of halogens is 1. The van der Waals surface area contributed by atoms with E-state index in [9.17, 15) is 21.6 Å². The van der Waals surface area contributed by atoms with Crippen molar-refractivity contribution in [2.24, 2.45) is 0 Å². The van der Waals surface area contributed by atoms with Crippen molar-refractivity contribution in [3.63, 3.8) is 0 Å². The summed E-state index contributed by atoms with van der Waals surface area (Å²) in [5.74, 6) is -0.481. The minimum Gasteiger partial charge on any atom is -0.351 e. The van der Waals surface area contributed by atoms with E-state index >= 15 is 0 Å². The Balaban J connectivity index is 1.97. The number of nitrogens with zero attached hydrogens (tertiary/aromatic N) is 2. The topological polar surface area (TPSA) is 104 Å². The van der Waals surface area contributed by atoms with Gasteiger partial charge >= 0.3 is 0 Å². The maximum absolute atomic E-state index is 12.5. The van der Waals surface area contributed by atoms with Crippen LogP contribution in [0, 0.1) is 0 Å². The van der Waals surface area contributed by atoms with Gasteiger partial charge in [-0.3, -0.25) is 4.79 Å². The van der Waals surface area contributed by atoms with Crippen molar-refractivity contribution >= 4 is 37.6 Å². The van der Waals surface area contributed by atoms with E-state index < -0.39 is 26.0 Å². The summed E-state index contributed by atoms with van der Waals surface area (Å²) in [7, 11) is -5.82. The molecule has 1 saturated heterocycles. The van der Waals surface area contributed by atoms with Crippen LogP contribution in [0.15, 0.2) is 29.2 Å². The fourth-order valence-electron chi connectivity index (χ4n) is 2.71. The number of nitrogens with one attached hydrogen (secondary N) is 1. The van der Waals surface area contributed by atoms with Crippen LogP contribution >= 0.6 is 11.6 Å². The monoisotopic (exact) mass is 423 g/mol. The molecular weight excluding hydrogens is 402 g/mol. The predicted molar refractivity (Wildman–Crippen MR) is 98.8 cm³/mol. The first-order valence-electron chi connectivity index (χ1n) is 7.96. The van der Waals surface area contributed by atoms with E-state index in [0.717, 1.165) is 10.6 Å². The number of amides is 1. The van der Waals surface area contributed by atoms with Gasteiger partial charge in [0, 0.05) is 31.2 Å². The first-order chi connectivity index (χ1) is 12.0. The minimum absolute atomic E-state index is 0.0399. The van der Waals surface area contributed by atoms with Crippen molar-refractivity contribution in [1.82, 2.24) is 13.9 Å². The molecule has 1 fully saturated rings. The van der Waals surface area contributed by atoms with Gasteiger partial charge in [-0.2, -0.15) is 4.31 Å². The number of benzene rings is 1. The fraction of sp³-hybridized carbons (Fsp3) is 0.533. The SMILES string of the molecule is CN(CC(=O)NC1CCCN(S(C)(=O)=O)C1)S(=O)(=O)c1ccc(Cl)cc1. The lowest BCUT2D eigenvalue weighted by molar-refractivity contribution is -0.122. The van der Waals surface area contributed by atoms with Gasteiger partial charge in [-0.05, 0) is 37.1 Å². The third kappa shape index (κ3) is 5.40. The van der Waals surface area contributed by atoms with Gasteiger partial charge in [0.15, 0.2) is 0 Å². The Morgan fingerprint density at radius 3 is 2.46 bits per heavy atom. The lowest BCUT2D eigenvalue weighted by Gasteiger charge is -2.31. The molecule has 1 aliphatic heterocycles. The van der Waals surface area contributed by atoms with Crippen LogP contribution in [-0.4, -0.2) is 70.3 Å². The number of hydrogen-bond donors (Lipinski definition) is 1. The number of piperidine rings is 1. The Hall–Kier alpha value is -1.20. The van der Waals surface area contributed by atoms with Crippen molar-refractivity contribution in [2.75, 3.05) is 32.9 Å². The average molecular weight is 424 g/mol. The zero-order valence-electron chi connectivity index (χ0n) is 14.6. The molecule has 0 aromatic heterocycles. The van der Waals surface area contributed by atoms with Gasteiger partial charge in [0.25, 0.3) is 0 Å². The second-order valence-corrected chi connectivity index (χ2v) is 10.7. The van der Waals surface area contributed by atoms with Gasteiger partial charge in [0.1, 0.15) is 0 Å². The molecule has 0 saturated carbocycles. The van der Waals surface area contributed by atoms with E-state index in [1.807, 2.05) is 0 Å². The van der Waals surface area contributed by atoms with Gasteiger partial charge in [0.2, 0.25) is 26.0 Å². The molecule has 1 unspecified atom stereocenters. The second kappa shape index (κ2) is 8.22. The highest BCUT2D eigenvalue weighted by molar-refractivity contribution is 7.89. The Bertz CT molecular complexity index is 856. The highest BCUT2D eigenvalue weighted by Crippen LogP contribution is 2.17. The molecule has 0 spiro atoms. The predicted octanol–water partition coefficient (Wildman–Crippen LogP) is 0.501. The summed E-state index contributed by atoms with van der Waals surface area (Å²) < 4.78 is 50.5. The van der Waals surface area contributed by atoms with Crippen LogP contribution in [0.2, 0.25) is 5.02 Å². The Labute approximate surface area is 159 Å². The standard InChI is InChI=1S/C15H22ClN3O5S2/c1-18(26(23,24)14-7-5-12(16)6-8-14)11-15(20)17-13-4-3-9-19(10-13)25(2,21)22/h5-8,13H,3-4,9-11H2,1-2H3,(H,17,20). The van der Waals surface area contributed by atoms with Gasteiger partial charge in [-0.15, -0.1) is 0 Å². The van der Waals surface area contributed by atoms with Crippen LogP contribution in [0.25, 0.3) is 0 Å². The summed E-state index contributed by atoms with van der Waals surface area (Å²) in [6, 6.07) is 5.33. The number of carbonyl (C=O) groups is 1. The summed E-state index contributed by atoms with van der Waals surface area (Å²) in [5, 5.41) is 3.13. The van der Waals surface area contributed by atoms with Crippen LogP contribution in [0.4, 0.5) is 0 Å².